The number of nitrogens with zero attached hydrogens (tertiary/aromatic N) is 1. The topological polar surface area (TPSA) is 178 Å². The predicted molar refractivity (Wildman–Crippen MR) is 252 cm³/mol. The minimum Gasteiger partial charge on any atom is -0.467 e. The maximum atomic E-state index is 13.5. The lowest BCUT2D eigenvalue weighted by Gasteiger charge is -2.22. The van der Waals surface area contributed by atoms with E-state index in [0.717, 1.165) is 64.2 Å². The number of methoxy groups -OCH3 is 1. The highest BCUT2D eigenvalue weighted by Gasteiger charge is 2.27. The van der Waals surface area contributed by atoms with E-state index >= 15 is 0 Å². The van der Waals surface area contributed by atoms with E-state index in [1.54, 1.807) is 0 Å². The summed E-state index contributed by atoms with van der Waals surface area (Å²) in [5.41, 5.74) is 10.8. The summed E-state index contributed by atoms with van der Waals surface area (Å²) >= 11 is 0. The van der Waals surface area contributed by atoms with Crippen molar-refractivity contribution in [2.45, 2.75) is 238 Å². The van der Waals surface area contributed by atoms with Crippen molar-refractivity contribution in [3.05, 3.63) is 24.3 Å². The Morgan fingerprint density at radius 3 is 1.42 bits per heavy atom. The Bertz CT molecular complexity index is 1140. The van der Waals surface area contributed by atoms with Crippen molar-refractivity contribution >= 4 is 29.7 Å². The molecule has 3 amide bonds. The quantitative estimate of drug-likeness (QED) is 0.0133. The molecule has 0 saturated carbocycles. The zero-order valence-electron chi connectivity index (χ0n) is 38.9. The fourth-order valence-electron chi connectivity index (χ4n) is 7.20. The van der Waals surface area contributed by atoms with Crippen LogP contribution in [0, 0.1) is 0 Å². The van der Waals surface area contributed by atoms with E-state index in [-0.39, 0.29) is 24.2 Å². The van der Waals surface area contributed by atoms with Gasteiger partial charge in [-0.2, -0.15) is 0 Å². The molecule has 11 heteroatoms. The monoisotopic (exact) mass is 845 g/mol. The van der Waals surface area contributed by atoms with Crippen molar-refractivity contribution < 1.29 is 23.9 Å². The number of rotatable bonds is 43. The van der Waals surface area contributed by atoms with E-state index in [9.17, 15) is 19.2 Å². The number of unbranched alkanes of at least 4 members (excludes halogenated alkanes) is 23. The van der Waals surface area contributed by atoms with Gasteiger partial charge in [0.25, 0.3) is 0 Å². The molecule has 348 valence electrons. The Kier molecular flexibility index (Phi) is 41.3. The number of nitrogens with two attached hydrogens (primary N) is 2. The van der Waals surface area contributed by atoms with Gasteiger partial charge in [-0.05, 0) is 96.3 Å². The van der Waals surface area contributed by atoms with Gasteiger partial charge in [0, 0.05) is 25.9 Å². The molecular formula is C49H92N6O5. The SMILES string of the molecule is CCCCCCCCC=CCCCCCCCC(=O)NCCCCC(NC(=O)CCCCCCCC=CCCCCCCCC)C(=O)NC(CCCN=C(N)N)C(=O)OC. The third kappa shape index (κ3) is 38.8. The van der Waals surface area contributed by atoms with Gasteiger partial charge in [-0.3, -0.25) is 19.4 Å². The van der Waals surface area contributed by atoms with Crippen LogP contribution < -0.4 is 27.4 Å². The Balaban J connectivity index is 4.58. The third-order valence-electron chi connectivity index (χ3n) is 11.0. The van der Waals surface area contributed by atoms with Crippen molar-refractivity contribution in [2.75, 3.05) is 20.2 Å². The molecule has 11 nitrogen and oxygen atoms in total. The lowest BCUT2D eigenvalue weighted by atomic mass is 10.1. The normalized spacial score (nSPS) is 12.4. The molecule has 2 atom stereocenters. The molecule has 0 bridgehead atoms. The number of esters is 1. The summed E-state index contributed by atoms with van der Waals surface area (Å²) in [6.45, 7) is 5.33. The molecule has 0 spiro atoms. The second kappa shape index (κ2) is 43.7. The first kappa shape index (κ1) is 56.6. The van der Waals surface area contributed by atoms with Gasteiger partial charge in [0.15, 0.2) is 5.96 Å². The molecule has 0 saturated heterocycles. The minimum absolute atomic E-state index is 0.0399. The molecular weight excluding hydrogens is 753 g/mol. The first-order valence-corrected chi connectivity index (χ1v) is 24.5. The Morgan fingerprint density at radius 1 is 0.517 bits per heavy atom. The van der Waals surface area contributed by atoms with Crippen LogP contribution in [0.2, 0.25) is 0 Å². The number of hydrogen-bond donors (Lipinski definition) is 5. The maximum absolute atomic E-state index is 13.5. The van der Waals surface area contributed by atoms with Crippen molar-refractivity contribution in [1.29, 1.82) is 0 Å². The summed E-state index contributed by atoms with van der Waals surface area (Å²) in [7, 11) is 1.27. The molecule has 0 rings (SSSR count). The zero-order valence-corrected chi connectivity index (χ0v) is 38.9. The van der Waals surface area contributed by atoms with Gasteiger partial charge in [-0.15, -0.1) is 0 Å². The summed E-state index contributed by atoms with van der Waals surface area (Å²) in [4.78, 5) is 55.4. The Labute approximate surface area is 367 Å². The smallest absolute Gasteiger partial charge is 0.328 e. The number of hydrogen-bond acceptors (Lipinski definition) is 6. The van der Waals surface area contributed by atoms with Crippen LogP contribution in [0.5, 0.6) is 0 Å². The van der Waals surface area contributed by atoms with E-state index < -0.39 is 24.0 Å². The fraction of sp³-hybridized carbons (Fsp3) is 0.816. The largest absolute Gasteiger partial charge is 0.467 e. The molecule has 0 aliphatic rings. The number of allylic oxidation sites excluding steroid dienone is 4. The average Bonchev–Trinajstić information content (AvgIpc) is 3.23. The highest BCUT2D eigenvalue weighted by atomic mass is 16.5. The number of aliphatic imine (C=N–C) groups is 1. The van der Waals surface area contributed by atoms with Gasteiger partial charge in [0.05, 0.1) is 7.11 Å². The minimum atomic E-state index is -0.891. The predicted octanol–water partition coefficient (Wildman–Crippen LogP) is 10.5. The molecule has 0 aliphatic carbocycles. The molecule has 0 aromatic heterocycles. The lowest BCUT2D eigenvalue weighted by molar-refractivity contribution is -0.145. The van der Waals surface area contributed by atoms with Gasteiger partial charge in [-0.1, -0.05) is 141 Å². The molecule has 0 fully saturated rings. The van der Waals surface area contributed by atoms with Crippen molar-refractivity contribution in [3.63, 3.8) is 0 Å². The highest BCUT2D eigenvalue weighted by Crippen LogP contribution is 2.13. The Hall–Kier alpha value is -3.37. The lowest BCUT2D eigenvalue weighted by Crippen LogP contribution is -2.51. The van der Waals surface area contributed by atoms with Crippen molar-refractivity contribution in [2.24, 2.45) is 16.5 Å². The van der Waals surface area contributed by atoms with E-state index in [0.29, 0.717) is 51.6 Å². The molecule has 0 aromatic carbocycles. The van der Waals surface area contributed by atoms with Gasteiger partial charge in [0.2, 0.25) is 17.7 Å². The average molecular weight is 845 g/mol. The van der Waals surface area contributed by atoms with Gasteiger partial charge in [0.1, 0.15) is 12.1 Å². The van der Waals surface area contributed by atoms with Gasteiger partial charge >= 0.3 is 5.97 Å². The number of amides is 3. The van der Waals surface area contributed by atoms with E-state index in [2.05, 4.69) is 59.1 Å². The summed E-state index contributed by atoms with van der Waals surface area (Å²) < 4.78 is 4.94. The first-order chi connectivity index (χ1) is 29.2. The summed E-state index contributed by atoms with van der Waals surface area (Å²) in [5, 5.41) is 8.72. The van der Waals surface area contributed by atoms with Crippen LogP contribution in [0.15, 0.2) is 29.3 Å². The fourth-order valence-corrected chi connectivity index (χ4v) is 7.20. The van der Waals surface area contributed by atoms with Crippen LogP contribution >= 0.6 is 0 Å². The first-order valence-electron chi connectivity index (χ1n) is 24.5. The molecule has 0 aliphatic heterocycles. The van der Waals surface area contributed by atoms with Crippen molar-refractivity contribution in [1.82, 2.24) is 16.0 Å². The van der Waals surface area contributed by atoms with E-state index in [1.165, 1.54) is 110 Å². The van der Waals surface area contributed by atoms with Crippen LogP contribution in [-0.4, -0.2) is 61.9 Å². The number of guanidine groups is 1. The van der Waals surface area contributed by atoms with Crippen molar-refractivity contribution in [3.8, 4) is 0 Å². The molecule has 0 heterocycles. The second-order valence-corrected chi connectivity index (χ2v) is 16.7. The zero-order chi connectivity index (χ0) is 44.2. The number of nitrogens with one attached hydrogen (secondary N) is 3. The standard InChI is InChI=1S/C49H92N6O5/c1-4-6-8-10-12-14-16-18-20-22-24-26-28-30-32-39-45(56)52-41-35-34-37-43(47(58)55-44(48(59)60-3)38-36-42-53-49(50)51)54-46(57)40-33-31-29-27-25-23-21-19-17-15-13-11-9-7-5-2/h18-21,43-44H,4-17,22-42H2,1-3H3,(H,52,56)(H,54,57)(H,55,58)(H4,50,51,53). The summed E-state index contributed by atoms with van der Waals surface area (Å²) in [6.07, 6.45) is 43.9. The van der Waals surface area contributed by atoms with E-state index in [1.807, 2.05) is 0 Å². The second-order valence-electron chi connectivity index (χ2n) is 16.7. The van der Waals surface area contributed by atoms with Crippen LogP contribution in [0.4, 0.5) is 0 Å². The summed E-state index contributed by atoms with van der Waals surface area (Å²) in [5.74, 6) is -1.17. The van der Waals surface area contributed by atoms with Gasteiger partial charge in [-0.25, -0.2) is 4.79 Å². The molecule has 2 unspecified atom stereocenters. The maximum Gasteiger partial charge on any atom is 0.328 e. The van der Waals surface area contributed by atoms with Crippen LogP contribution in [0.25, 0.3) is 0 Å². The van der Waals surface area contributed by atoms with Gasteiger partial charge < -0.3 is 32.2 Å². The molecule has 60 heavy (non-hydrogen) atoms. The number of ether oxygens (including phenoxy) is 1. The van der Waals surface area contributed by atoms with Crippen LogP contribution in [-0.2, 0) is 23.9 Å². The highest BCUT2D eigenvalue weighted by molar-refractivity contribution is 5.90. The van der Waals surface area contributed by atoms with Crippen LogP contribution in [0.1, 0.15) is 226 Å². The third-order valence-corrected chi connectivity index (χ3v) is 11.0. The Morgan fingerprint density at radius 2 is 0.950 bits per heavy atom. The summed E-state index contributed by atoms with van der Waals surface area (Å²) in [6, 6.07) is -1.70. The molecule has 0 aromatic rings. The number of carbonyl (C=O) groups is 4. The molecule has 0 radical (unpaired) electrons. The number of carbonyl (C=O) groups excluding carboxylic acids is 4. The van der Waals surface area contributed by atoms with Crippen LogP contribution in [0.3, 0.4) is 0 Å². The molecule has 7 N–H and O–H groups in total. The van der Waals surface area contributed by atoms with E-state index in [4.69, 9.17) is 16.2 Å².